The van der Waals surface area contributed by atoms with Crippen molar-refractivity contribution in [3.63, 3.8) is 0 Å². The molecule has 0 N–H and O–H groups in total. The molecular formula is C75H83N13O2S. The molecule has 4 aliphatic heterocycles. The molecule has 5 fully saturated rings. The molecule has 0 radical (unpaired) electrons. The molecule has 466 valence electrons. The van der Waals surface area contributed by atoms with E-state index in [4.69, 9.17) is 44.9 Å². The number of hydrogen-bond donors (Lipinski definition) is 0. The summed E-state index contributed by atoms with van der Waals surface area (Å²) in [6.45, 7) is 7.24. The van der Waals surface area contributed by atoms with Crippen LogP contribution in [0.3, 0.4) is 0 Å². The number of rotatable bonds is 10. The van der Waals surface area contributed by atoms with Gasteiger partial charge < -0.3 is 13.7 Å². The van der Waals surface area contributed by atoms with Gasteiger partial charge in [-0.05, 0) is 208 Å². The van der Waals surface area contributed by atoms with Gasteiger partial charge in [0.15, 0.2) is 0 Å². The molecule has 9 aromatic heterocycles. The first-order valence-electron chi connectivity index (χ1n) is 34.2. The summed E-state index contributed by atoms with van der Waals surface area (Å²) in [5.74, 6) is 6.42. The maximum absolute atomic E-state index is 11.9. The third kappa shape index (κ3) is 11.0. The molecule has 18 rings (SSSR count). The number of hydrogen-bond acceptors (Lipinski definition) is 11. The van der Waals surface area contributed by atoms with Crippen molar-refractivity contribution in [1.82, 2.24) is 62.9 Å². The van der Waals surface area contributed by atoms with Gasteiger partial charge in [-0.15, -0.1) is 0 Å². The molecule has 91 heavy (non-hydrogen) atoms. The molecular weight excluding hydrogens is 1150 g/mol. The minimum absolute atomic E-state index is 0.265. The van der Waals surface area contributed by atoms with Gasteiger partial charge in [-0.3, -0.25) is 29.9 Å². The quantitative estimate of drug-likeness (QED) is 0.128. The van der Waals surface area contributed by atoms with Crippen molar-refractivity contribution in [2.45, 2.75) is 197 Å². The van der Waals surface area contributed by atoms with Crippen LogP contribution in [0, 0.1) is 20.8 Å². The lowest BCUT2D eigenvalue weighted by atomic mass is 9.86. The summed E-state index contributed by atoms with van der Waals surface area (Å²) < 4.78 is 32.9. The van der Waals surface area contributed by atoms with Gasteiger partial charge in [0, 0.05) is 125 Å². The fourth-order valence-electron chi connectivity index (χ4n) is 17.3. The Balaban J connectivity index is 0.000000109. The van der Waals surface area contributed by atoms with Crippen molar-refractivity contribution in [1.29, 1.82) is 0 Å². The zero-order valence-electron chi connectivity index (χ0n) is 53.2. The number of sulfonamides is 1. The molecule has 0 aromatic carbocycles. The van der Waals surface area contributed by atoms with E-state index in [1.807, 2.05) is 37.6 Å². The van der Waals surface area contributed by atoms with E-state index >= 15 is 0 Å². The molecule has 15 nitrogen and oxygen atoms in total. The molecule has 5 aliphatic carbocycles. The number of piperidine rings is 1. The number of pyridine rings is 6. The summed E-state index contributed by atoms with van der Waals surface area (Å²) in [5.41, 5.74) is 21.2. The second-order valence-electron chi connectivity index (χ2n) is 27.7. The number of nitrogens with zero attached hydrogens (tertiary/aromatic N) is 13. The van der Waals surface area contributed by atoms with Crippen LogP contribution in [0.15, 0.2) is 116 Å². The highest BCUT2D eigenvalue weighted by Crippen LogP contribution is 2.56. The highest BCUT2D eigenvalue weighted by Gasteiger charge is 2.45. The average Bonchev–Trinajstić information content (AvgIpc) is 1.59. The first-order valence-corrected chi connectivity index (χ1v) is 36.0. The van der Waals surface area contributed by atoms with Gasteiger partial charge in [-0.2, -0.15) is 0 Å². The Hall–Kier alpha value is -7.82. The van der Waals surface area contributed by atoms with Gasteiger partial charge in [-0.25, -0.2) is 27.7 Å². The predicted octanol–water partition coefficient (Wildman–Crippen LogP) is 16.6. The molecule has 16 heteroatoms. The smallest absolute Gasteiger partial charge is 0.211 e. The van der Waals surface area contributed by atoms with Crippen molar-refractivity contribution in [2.24, 2.45) is 0 Å². The van der Waals surface area contributed by atoms with Crippen molar-refractivity contribution in [3.8, 4) is 67.9 Å². The number of imidazole rings is 3. The topological polar surface area (TPSA) is 168 Å². The molecule has 9 aromatic rings. The highest BCUT2D eigenvalue weighted by atomic mass is 32.2. The van der Waals surface area contributed by atoms with E-state index in [1.165, 1.54) is 167 Å². The molecule has 6 bridgehead atoms. The Morgan fingerprint density at radius 2 is 0.846 bits per heavy atom. The van der Waals surface area contributed by atoms with Gasteiger partial charge in [0.25, 0.3) is 0 Å². The van der Waals surface area contributed by atoms with Crippen LogP contribution in [0.5, 0.6) is 0 Å². The van der Waals surface area contributed by atoms with E-state index in [1.54, 1.807) is 4.31 Å². The Kier molecular flexibility index (Phi) is 15.4. The second kappa shape index (κ2) is 24.0. The number of aryl methyl sites for hydroxylation is 3. The molecule has 9 aliphatic rings. The third-order valence-electron chi connectivity index (χ3n) is 21.7. The van der Waals surface area contributed by atoms with Gasteiger partial charge in [0.1, 0.15) is 34.6 Å². The maximum atomic E-state index is 11.9. The summed E-state index contributed by atoms with van der Waals surface area (Å²) in [7, 11) is -3.13. The summed E-state index contributed by atoms with van der Waals surface area (Å²) in [6, 6.07) is 33.6. The monoisotopic (exact) mass is 1230 g/mol. The molecule has 6 unspecified atom stereocenters. The van der Waals surface area contributed by atoms with Gasteiger partial charge in [-0.1, -0.05) is 43.5 Å². The van der Waals surface area contributed by atoms with Crippen LogP contribution >= 0.6 is 0 Å². The number of aromatic nitrogens is 12. The van der Waals surface area contributed by atoms with E-state index in [2.05, 4.69) is 112 Å². The zero-order chi connectivity index (χ0) is 61.5. The molecule has 0 spiro atoms. The summed E-state index contributed by atoms with van der Waals surface area (Å²) in [4.78, 5) is 44.2. The zero-order valence-corrected chi connectivity index (χ0v) is 54.0. The van der Waals surface area contributed by atoms with Crippen molar-refractivity contribution < 1.29 is 8.42 Å². The molecule has 13 heterocycles. The Bertz CT molecular complexity index is 4390. The van der Waals surface area contributed by atoms with Gasteiger partial charge in [0.05, 0.1) is 46.1 Å². The largest absolute Gasteiger partial charge is 0.324 e. The lowest BCUT2D eigenvalue weighted by Crippen LogP contribution is -2.37. The number of fused-ring (bicyclic) bond motifs is 15. The highest BCUT2D eigenvalue weighted by molar-refractivity contribution is 7.88. The fraction of sp³-hybridized carbons (Fsp3) is 0.453. The van der Waals surface area contributed by atoms with Crippen LogP contribution < -0.4 is 0 Å². The summed E-state index contributed by atoms with van der Waals surface area (Å²) in [5, 5.41) is 0. The molecule has 0 amide bonds. The predicted molar refractivity (Wildman–Crippen MR) is 358 cm³/mol. The average molecular weight is 1230 g/mol. The number of allylic oxidation sites excluding steroid dienone is 2. The lowest BCUT2D eigenvalue weighted by molar-refractivity contribution is 0.318. The first kappa shape index (κ1) is 58.3. The van der Waals surface area contributed by atoms with Crippen molar-refractivity contribution in [2.75, 3.05) is 19.3 Å². The van der Waals surface area contributed by atoms with E-state index in [0.717, 1.165) is 93.2 Å². The lowest BCUT2D eigenvalue weighted by Gasteiger charge is -2.30. The van der Waals surface area contributed by atoms with Crippen LogP contribution in [0.25, 0.3) is 73.5 Å². The molecule has 4 saturated carbocycles. The molecule has 1 saturated heterocycles. The van der Waals surface area contributed by atoms with E-state index in [-0.39, 0.29) is 5.92 Å². The Morgan fingerprint density at radius 1 is 0.418 bits per heavy atom. The van der Waals surface area contributed by atoms with E-state index in [9.17, 15) is 8.42 Å². The SMILES string of the molecule is Cc1cccc(-c2nc3n(c2-c2ccnc(C4=CCCCC4)c2)C2CCC3C2)n1.Cc1cccc(-c2nc3n(c2-c2ccnc(C4CCCCC4)c2)C2CCC3C2)n1.Cc1cccc(-c2nc3n(c2-c2ccnc(C4CCN(S(C)(=O)=O)CC4)c2)C2CCC3C2)n1. The van der Waals surface area contributed by atoms with Gasteiger partial charge >= 0.3 is 0 Å². The van der Waals surface area contributed by atoms with Crippen LogP contribution in [0.4, 0.5) is 0 Å². The van der Waals surface area contributed by atoms with E-state index < -0.39 is 10.0 Å². The van der Waals surface area contributed by atoms with Crippen LogP contribution in [-0.4, -0.2) is 90.6 Å². The minimum atomic E-state index is -3.13. The summed E-state index contributed by atoms with van der Waals surface area (Å²) >= 11 is 0. The van der Waals surface area contributed by atoms with Crippen molar-refractivity contribution >= 4 is 15.6 Å². The Labute approximate surface area is 535 Å². The first-order chi connectivity index (χ1) is 44.4. The second-order valence-corrected chi connectivity index (χ2v) is 29.7. The van der Waals surface area contributed by atoms with Gasteiger partial charge in [0.2, 0.25) is 10.0 Å². The Morgan fingerprint density at radius 3 is 1.26 bits per heavy atom. The van der Waals surface area contributed by atoms with Crippen LogP contribution in [0.1, 0.15) is 228 Å². The normalized spacial score (nSPS) is 23.1. The third-order valence-corrected chi connectivity index (χ3v) is 23.0. The van der Waals surface area contributed by atoms with Crippen LogP contribution in [0.2, 0.25) is 0 Å². The minimum Gasteiger partial charge on any atom is -0.324 e. The van der Waals surface area contributed by atoms with Crippen LogP contribution in [-0.2, 0) is 10.0 Å². The fourth-order valence-corrected chi connectivity index (χ4v) is 18.2. The standard InChI is InChI=1S/C25H29N5O2S.C25H28N4.C25H26N4/c1-16-4-3-5-21(27-16)23-24(30-20-7-6-19(14-20)25(30)28-23)18-8-11-26-22(15-18)17-9-12-29(13-10-17)33(2,31)32;2*1-16-6-5-9-21(27-16)23-24(29-20-11-10-19(14-20)25(29)28-23)18-12-13-26-22(15-18)17-7-3-2-4-8-17/h3-5,8,11,15,17,19-20H,6-7,9-10,12-14H2,1-2H3;5-6,9,12-13,15,17,19-20H,2-4,7-8,10-11,14H2,1H3;5-7,9,12-13,15,19-20H,2-4,8,10-11,14H2,1H3. The summed E-state index contributed by atoms with van der Waals surface area (Å²) in [6.07, 6.45) is 33.9. The van der Waals surface area contributed by atoms with Crippen molar-refractivity contribution in [3.05, 3.63) is 167 Å². The maximum Gasteiger partial charge on any atom is 0.211 e. The van der Waals surface area contributed by atoms with E-state index in [0.29, 0.717) is 54.9 Å². The molecule has 6 atom stereocenters.